The SMILES string of the molecule is CCCCOc1ccc(N=Nc2ccccc2C)c2ccccc12. The topological polar surface area (TPSA) is 34.0 Å². The lowest BCUT2D eigenvalue weighted by molar-refractivity contribution is 0.313. The number of unbranched alkanes of at least 4 members (excludes halogenated alkanes) is 1. The molecule has 0 saturated carbocycles. The number of aryl methyl sites for hydroxylation is 1. The first-order valence-electron chi connectivity index (χ1n) is 8.41. The molecule has 0 heterocycles. The molecule has 122 valence electrons. The Hall–Kier alpha value is -2.68. The first kappa shape index (κ1) is 16.2. The van der Waals surface area contributed by atoms with Crippen LogP contribution in [-0.2, 0) is 0 Å². The maximum Gasteiger partial charge on any atom is 0.127 e. The van der Waals surface area contributed by atoms with Crippen molar-refractivity contribution in [2.45, 2.75) is 26.7 Å². The molecule has 0 unspecified atom stereocenters. The zero-order valence-corrected chi connectivity index (χ0v) is 14.2. The van der Waals surface area contributed by atoms with E-state index in [2.05, 4.69) is 29.3 Å². The zero-order chi connectivity index (χ0) is 16.8. The van der Waals surface area contributed by atoms with Gasteiger partial charge >= 0.3 is 0 Å². The number of hydrogen-bond acceptors (Lipinski definition) is 3. The van der Waals surface area contributed by atoms with Crippen molar-refractivity contribution in [1.82, 2.24) is 0 Å². The highest BCUT2D eigenvalue weighted by molar-refractivity contribution is 5.96. The largest absolute Gasteiger partial charge is 0.493 e. The van der Waals surface area contributed by atoms with Gasteiger partial charge in [0.2, 0.25) is 0 Å². The van der Waals surface area contributed by atoms with E-state index in [-0.39, 0.29) is 0 Å². The normalized spacial score (nSPS) is 11.2. The van der Waals surface area contributed by atoms with Gasteiger partial charge in [-0.1, -0.05) is 55.8 Å². The smallest absolute Gasteiger partial charge is 0.127 e. The van der Waals surface area contributed by atoms with E-state index in [1.807, 2.05) is 55.5 Å². The van der Waals surface area contributed by atoms with Gasteiger partial charge in [-0.05, 0) is 37.1 Å². The van der Waals surface area contributed by atoms with Gasteiger partial charge in [-0.25, -0.2) is 0 Å². The minimum absolute atomic E-state index is 0.741. The van der Waals surface area contributed by atoms with Crippen molar-refractivity contribution in [2.75, 3.05) is 6.61 Å². The van der Waals surface area contributed by atoms with E-state index in [0.29, 0.717) is 0 Å². The molecule has 3 rings (SSSR count). The van der Waals surface area contributed by atoms with Crippen LogP contribution in [0.2, 0.25) is 0 Å². The molecule has 0 aliphatic heterocycles. The summed E-state index contributed by atoms with van der Waals surface area (Å²) >= 11 is 0. The van der Waals surface area contributed by atoms with E-state index in [1.54, 1.807) is 0 Å². The van der Waals surface area contributed by atoms with Gasteiger partial charge in [-0.3, -0.25) is 0 Å². The fraction of sp³-hybridized carbons (Fsp3) is 0.238. The molecule has 0 aliphatic rings. The second-order valence-corrected chi connectivity index (χ2v) is 5.82. The first-order chi connectivity index (χ1) is 11.8. The zero-order valence-electron chi connectivity index (χ0n) is 14.2. The highest BCUT2D eigenvalue weighted by Gasteiger charge is 2.06. The Balaban J connectivity index is 1.95. The second kappa shape index (κ2) is 7.73. The Morgan fingerprint density at radius 3 is 2.29 bits per heavy atom. The van der Waals surface area contributed by atoms with Gasteiger partial charge in [0.05, 0.1) is 18.0 Å². The third-order valence-electron chi connectivity index (χ3n) is 4.00. The minimum atomic E-state index is 0.741. The second-order valence-electron chi connectivity index (χ2n) is 5.82. The Labute approximate surface area is 143 Å². The summed E-state index contributed by atoms with van der Waals surface area (Å²) in [5.74, 6) is 0.911. The molecule has 0 radical (unpaired) electrons. The van der Waals surface area contributed by atoms with E-state index in [9.17, 15) is 0 Å². The van der Waals surface area contributed by atoms with Crippen LogP contribution < -0.4 is 4.74 Å². The summed E-state index contributed by atoms with van der Waals surface area (Å²) in [7, 11) is 0. The van der Waals surface area contributed by atoms with Crippen molar-refractivity contribution in [1.29, 1.82) is 0 Å². The Kier molecular flexibility index (Phi) is 5.22. The van der Waals surface area contributed by atoms with Crippen LogP contribution in [0.25, 0.3) is 10.8 Å². The van der Waals surface area contributed by atoms with Crippen LogP contribution in [0.15, 0.2) is 70.9 Å². The van der Waals surface area contributed by atoms with Crippen molar-refractivity contribution in [3.05, 3.63) is 66.2 Å². The number of rotatable bonds is 6. The predicted octanol–water partition coefficient (Wildman–Crippen LogP) is 6.74. The van der Waals surface area contributed by atoms with Gasteiger partial charge in [-0.15, -0.1) is 5.11 Å². The van der Waals surface area contributed by atoms with Crippen LogP contribution in [0.5, 0.6) is 5.75 Å². The number of fused-ring (bicyclic) bond motifs is 1. The molecule has 0 aliphatic carbocycles. The van der Waals surface area contributed by atoms with Crippen LogP contribution in [0.4, 0.5) is 11.4 Å². The van der Waals surface area contributed by atoms with Crippen molar-refractivity contribution in [3.63, 3.8) is 0 Å². The lowest BCUT2D eigenvalue weighted by Gasteiger charge is -2.10. The molecule has 0 fully saturated rings. The summed E-state index contributed by atoms with van der Waals surface area (Å²) in [5.41, 5.74) is 2.87. The molecule has 3 heteroatoms. The van der Waals surface area contributed by atoms with Crippen molar-refractivity contribution in [2.24, 2.45) is 10.2 Å². The van der Waals surface area contributed by atoms with Gasteiger partial charge in [0.15, 0.2) is 0 Å². The van der Waals surface area contributed by atoms with Gasteiger partial charge < -0.3 is 4.74 Å². The predicted molar refractivity (Wildman–Crippen MR) is 99.7 cm³/mol. The molecule has 3 nitrogen and oxygen atoms in total. The van der Waals surface area contributed by atoms with Gasteiger partial charge in [0.25, 0.3) is 0 Å². The molecule has 0 bridgehead atoms. The maximum absolute atomic E-state index is 5.92. The number of hydrogen-bond donors (Lipinski definition) is 0. The van der Waals surface area contributed by atoms with Gasteiger partial charge in [0, 0.05) is 10.8 Å². The quantitative estimate of drug-likeness (QED) is 0.366. The first-order valence-corrected chi connectivity index (χ1v) is 8.41. The highest BCUT2D eigenvalue weighted by Crippen LogP contribution is 2.34. The Bertz CT molecular complexity index is 855. The summed E-state index contributed by atoms with van der Waals surface area (Å²) in [6.07, 6.45) is 2.18. The van der Waals surface area contributed by atoms with E-state index in [4.69, 9.17) is 4.74 Å². The van der Waals surface area contributed by atoms with Crippen molar-refractivity contribution >= 4 is 22.1 Å². The average Bonchev–Trinajstić information content (AvgIpc) is 2.62. The molecular weight excluding hydrogens is 296 g/mol. The molecule has 0 amide bonds. The van der Waals surface area contributed by atoms with Crippen LogP contribution in [-0.4, -0.2) is 6.61 Å². The summed E-state index contributed by atoms with van der Waals surface area (Å²) in [4.78, 5) is 0. The van der Waals surface area contributed by atoms with Gasteiger partial charge in [-0.2, -0.15) is 5.11 Å². The van der Waals surface area contributed by atoms with Gasteiger partial charge in [0.1, 0.15) is 5.75 Å². The maximum atomic E-state index is 5.92. The number of benzene rings is 3. The Morgan fingerprint density at radius 1 is 0.792 bits per heavy atom. The molecule has 0 aromatic heterocycles. The monoisotopic (exact) mass is 318 g/mol. The third-order valence-corrected chi connectivity index (χ3v) is 4.00. The number of azo groups is 1. The molecule has 3 aromatic rings. The van der Waals surface area contributed by atoms with E-state index >= 15 is 0 Å². The standard InChI is InChI=1S/C21H22N2O/c1-3-4-15-24-21-14-13-20(17-10-6-7-11-18(17)21)23-22-19-12-8-5-9-16(19)2/h5-14H,3-4,15H2,1-2H3. The summed E-state index contributed by atoms with van der Waals surface area (Å²) in [5, 5.41) is 11.0. The Morgan fingerprint density at radius 2 is 1.50 bits per heavy atom. The number of nitrogens with zero attached hydrogens (tertiary/aromatic N) is 2. The molecule has 3 aromatic carbocycles. The van der Waals surface area contributed by atoms with E-state index in [1.165, 1.54) is 0 Å². The van der Waals surface area contributed by atoms with E-state index in [0.717, 1.165) is 52.9 Å². The average molecular weight is 318 g/mol. The molecule has 24 heavy (non-hydrogen) atoms. The summed E-state index contributed by atoms with van der Waals surface area (Å²) < 4.78 is 5.92. The molecule has 0 spiro atoms. The molecular formula is C21H22N2O. The molecule has 0 atom stereocenters. The minimum Gasteiger partial charge on any atom is -0.493 e. The lowest BCUT2D eigenvalue weighted by atomic mass is 10.1. The fourth-order valence-corrected chi connectivity index (χ4v) is 2.58. The number of ether oxygens (including phenoxy) is 1. The van der Waals surface area contributed by atoms with Crippen molar-refractivity contribution in [3.8, 4) is 5.75 Å². The molecule has 0 saturated heterocycles. The van der Waals surface area contributed by atoms with Crippen LogP contribution >= 0.6 is 0 Å². The third kappa shape index (κ3) is 3.62. The molecule has 0 N–H and O–H groups in total. The summed E-state index contributed by atoms with van der Waals surface area (Å²) in [6.45, 7) is 4.94. The lowest BCUT2D eigenvalue weighted by Crippen LogP contribution is -1.96. The van der Waals surface area contributed by atoms with Crippen LogP contribution in [0, 0.1) is 6.92 Å². The highest BCUT2D eigenvalue weighted by atomic mass is 16.5. The van der Waals surface area contributed by atoms with Crippen LogP contribution in [0.1, 0.15) is 25.3 Å². The van der Waals surface area contributed by atoms with E-state index < -0.39 is 0 Å². The summed E-state index contributed by atoms with van der Waals surface area (Å²) in [6, 6.07) is 20.1. The van der Waals surface area contributed by atoms with Crippen LogP contribution in [0.3, 0.4) is 0 Å². The van der Waals surface area contributed by atoms with Crippen molar-refractivity contribution < 1.29 is 4.74 Å². The fourth-order valence-electron chi connectivity index (χ4n) is 2.58.